The van der Waals surface area contributed by atoms with Crippen LogP contribution in [0.5, 0.6) is 0 Å². The molecule has 0 bridgehead atoms. The fourth-order valence-corrected chi connectivity index (χ4v) is 2.64. The molecule has 10 nitrogen and oxygen atoms in total. The Kier molecular flexibility index (Phi) is 9.48. The van der Waals surface area contributed by atoms with Crippen molar-refractivity contribution in [2.45, 2.75) is 39.1 Å². The molecule has 10 heteroatoms. The number of amides is 2. The topological polar surface area (TPSA) is 147 Å². The molecule has 2 aromatic rings. The van der Waals surface area contributed by atoms with Crippen LogP contribution in [0, 0.1) is 0 Å². The van der Waals surface area contributed by atoms with E-state index in [4.69, 9.17) is 9.47 Å². The van der Waals surface area contributed by atoms with Crippen molar-refractivity contribution in [2.24, 2.45) is 0 Å². The molecule has 0 saturated carbocycles. The van der Waals surface area contributed by atoms with Crippen molar-refractivity contribution in [1.82, 2.24) is 10.6 Å². The van der Waals surface area contributed by atoms with E-state index in [1.165, 1.54) is 13.8 Å². The van der Waals surface area contributed by atoms with Gasteiger partial charge in [0.05, 0.1) is 0 Å². The summed E-state index contributed by atoms with van der Waals surface area (Å²) in [6.07, 6.45) is -1.78. The summed E-state index contributed by atoms with van der Waals surface area (Å²) >= 11 is 0. The van der Waals surface area contributed by atoms with Gasteiger partial charge in [0.2, 0.25) is 0 Å². The van der Waals surface area contributed by atoms with E-state index in [-0.39, 0.29) is 13.2 Å². The summed E-state index contributed by atoms with van der Waals surface area (Å²) in [4.78, 5) is 51.6. The van der Waals surface area contributed by atoms with Gasteiger partial charge in [0.15, 0.2) is 0 Å². The second-order valence-electron chi connectivity index (χ2n) is 7.03. The molecule has 0 saturated heterocycles. The first-order valence-electron chi connectivity index (χ1n) is 10.1. The maximum atomic E-state index is 12.5. The van der Waals surface area contributed by atoms with E-state index in [9.17, 15) is 24.7 Å². The molecule has 0 spiro atoms. The van der Waals surface area contributed by atoms with Crippen molar-refractivity contribution in [2.75, 3.05) is 0 Å². The van der Waals surface area contributed by atoms with E-state index in [2.05, 4.69) is 15.4 Å². The lowest BCUT2D eigenvalue weighted by Gasteiger charge is -2.13. The standard InChI is InChI=1S/C23H24N4O6/c1-15(25-22(30)32-13-17-9-5-3-6-10-17)20(28)19(27-24)21(29)16(2)26-23(31)33-14-18-11-7-4-8-12-18/h3-12,15-16H,13-14H2,1-2H3,(H,25,30)(H,26,31)/t15-,16-/m1/s1. The second kappa shape index (κ2) is 12.5. The van der Waals surface area contributed by atoms with Crippen molar-refractivity contribution in [3.8, 4) is 0 Å². The zero-order valence-electron chi connectivity index (χ0n) is 18.2. The highest BCUT2D eigenvalue weighted by molar-refractivity contribution is 6.66. The Morgan fingerprint density at radius 2 is 1.12 bits per heavy atom. The lowest BCUT2D eigenvalue weighted by molar-refractivity contribution is -0.125. The highest BCUT2D eigenvalue weighted by Crippen LogP contribution is 2.03. The molecule has 0 aromatic heterocycles. The van der Waals surface area contributed by atoms with Crippen LogP contribution in [0.25, 0.3) is 5.53 Å². The number of benzene rings is 2. The minimum atomic E-state index is -1.22. The summed E-state index contributed by atoms with van der Waals surface area (Å²) in [6, 6.07) is 15.4. The normalized spacial score (nSPS) is 11.8. The summed E-state index contributed by atoms with van der Waals surface area (Å²) < 4.78 is 10.0. The fraction of sp³-hybridized carbons (Fsp3) is 0.261. The van der Waals surface area contributed by atoms with Gasteiger partial charge in [0.25, 0.3) is 11.6 Å². The summed E-state index contributed by atoms with van der Waals surface area (Å²) in [6.45, 7) is 2.58. The van der Waals surface area contributed by atoms with E-state index >= 15 is 0 Å². The summed E-state index contributed by atoms with van der Waals surface area (Å²) in [5.41, 5.74) is 9.86. The molecule has 172 valence electrons. The SMILES string of the molecule is C[C@@H](NC(=O)OCc1ccccc1)C(=O)C(=[N+]=[N-])C(=O)[C@@H](C)NC(=O)OCc1ccccc1. The Bertz CT molecular complexity index is 958. The number of rotatable bonds is 10. The molecule has 0 aliphatic rings. The van der Waals surface area contributed by atoms with Gasteiger partial charge in [0.1, 0.15) is 25.3 Å². The number of carbonyl (C=O) groups is 4. The van der Waals surface area contributed by atoms with Gasteiger partial charge in [0, 0.05) is 0 Å². The third-order valence-electron chi connectivity index (χ3n) is 4.45. The monoisotopic (exact) mass is 452 g/mol. The van der Waals surface area contributed by atoms with Crippen LogP contribution in [0.2, 0.25) is 0 Å². The highest BCUT2D eigenvalue weighted by atomic mass is 16.6. The number of nitrogens with one attached hydrogen (secondary N) is 2. The van der Waals surface area contributed by atoms with Gasteiger partial charge in [-0.05, 0) is 25.0 Å². The summed E-state index contributed by atoms with van der Waals surface area (Å²) in [5, 5.41) is 4.54. The van der Waals surface area contributed by atoms with E-state index in [0.29, 0.717) is 0 Å². The molecule has 2 N–H and O–H groups in total. The average molecular weight is 452 g/mol. The molecule has 33 heavy (non-hydrogen) atoms. The van der Waals surface area contributed by atoms with Crippen LogP contribution in [-0.4, -0.2) is 46.3 Å². The number of carbonyl (C=O) groups excluding carboxylic acids is 4. The molecule has 2 aromatic carbocycles. The maximum Gasteiger partial charge on any atom is 0.408 e. The molecule has 2 atom stereocenters. The Balaban J connectivity index is 1.85. The van der Waals surface area contributed by atoms with Crippen molar-refractivity contribution in [3.05, 3.63) is 77.3 Å². The number of ketones is 2. The smallest absolute Gasteiger partial charge is 0.408 e. The third kappa shape index (κ3) is 8.04. The number of hydrogen-bond acceptors (Lipinski definition) is 6. The largest absolute Gasteiger partial charge is 0.445 e. The Labute approximate surface area is 190 Å². The Hall–Kier alpha value is -4.30. The molecule has 2 amide bonds. The third-order valence-corrected chi connectivity index (χ3v) is 4.45. The van der Waals surface area contributed by atoms with Crippen molar-refractivity contribution < 1.29 is 33.4 Å². The highest BCUT2D eigenvalue weighted by Gasteiger charge is 2.37. The van der Waals surface area contributed by atoms with Crippen molar-refractivity contribution >= 4 is 29.5 Å². The quantitative estimate of drug-likeness (QED) is 0.245. The van der Waals surface area contributed by atoms with Crippen LogP contribution < -0.4 is 10.6 Å². The van der Waals surface area contributed by atoms with Crippen LogP contribution in [0.15, 0.2) is 60.7 Å². The maximum absolute atomic E-state index is 12.5. The van der Waals surface area contributed by atoms with Gasteiger partial charge in [-0.2, -0.15) is 4.79 Å². The van der Waals surface area contributed by atoms with Crippen LogP contribution in [-0.2, 0) is 32.3 Å². The summed E-state index contributed by atoms with van der Waals surface area (Å²) in [7, 11) is 0. The molecule has 0 fully saturated rings. The van der Waals surface area contributed by atoms with Gasteiger partial charge in [-0.1, -0.05) is 60.7 Å². The predicted octanol–water partition coefficient (Wildman–Crippen LogP) is 2.43. The summed E-state index contributed by atoms with van der Waals surface area (Å²) in [5.74, 6) is -1.91. The van der Waals surface area contributed by atoms with E-state index in [1.807, 2.05) is 12.1 Å². The zero-order chi connectivity index (χ0) is 24.2. The van der Waals surface area contributed by atoms with Crippen molar-refractivity contribution in [3.63, 3.8) is 0 Å². The van der Waals surface area contributed by atoms with E-state index in [1.54, 1.807) is 48.5 Å². The Morgan fingerprint density at radius 3 is 1.45 bits per heavy atom. The van der Waals surface area contributed by atoms with Gasteiger partial charge in [-0.25, -0.2) is 9.59 Å². The first-order valence-corrected chi connectivity index (χ1v) is 10.1. The Morgan fingerprint density at radius 1 is 0.758 bits per heavy atom. The van der Waals surface area contributed by atoms with Gasteiger partial charge in [-0.15, -0.1) is 0 Å². The number of hydrogen-bond donors (Lipinski definition) is 2. The molecule has 2 rings (SSSR count). The molecule has 0 unspecified atom stereocenters. The molecular weight excluding hydrogens is 428 g/mol. The lowest BCUT2D eigenvalue weighted by Crippen LogP contribution is -2.49. The predicted molar refractivity (Wildman–Crippen MR) is 117 cm³/mol. The number of alkyl carbamates (subject to hydrolysis) is 2. The van der Waals surface area contributed by atoms with Crippen LogP contribution in [0.1, 0.15) is 25.0 Å². The first kappa shape index (κ1) is 25.0. The van der Waals surface area contributed by atoms with Crippen LogP contribution in [0.4, 0.5) is 9.59 Å². The van der Waals surface area contributed by atoms with E-state index in [0.717, 1.165) is 11.1 Å². The van der Waals surface area contributed by atoms with Gasteiger partial charge in [-0.3, -0.25) is 9.59 Å². The molecule has 0 heterocycles. The minimum absolute atomic E-state index is 0.0144. The van der Waals surface area contributed by atoms with E-state index < -0.39 is 41.5 Å². The molecular formula is C23H24N4O6. The zero-order valence-corrected chi connectivity index (χ0v) is 18.2. The first-order chi connectivity index (χ1) is 15.8. The van der Waals surface area contributed by atoms with Crippen LogP contribution in [0.3, 0.4) is 0 Å². The number of nitrogens with zero attached hydrogens (tertiary/aromatic N) is 2. The van der Waals surface area contributed by atoms with Gasteiger partial charge < -0.3 is 25.6 Å². The fourth-order valence-electron chi connectivity index (χ4n) is 2.64. The van der Waals surface area contributed by atoms with Crippen LogP contribution >= 0.6 is 0 Å². The molecule has 0 aliphatic carbocycles. The number of ether oxygens (including phenoxy) is 2. The second-order valence-corrected chi connectivity index (χ2v) is 7.03. The molecule has 0 radical (unpaired) electrons. The lowest BCUT2D eigenvalue weighted by atomic mass is 10.0. The minimum Gasteiger partial charge on any atom is -0.445 e. The van der Waals surface area contributed by atoms with Crippen molar-refractivity contribution in [1.29, 1.82) is 0 Å². The van der Waals surface area contributed by atoms with Gasteiger partial charge >= 0.3 is 17.9 Å². The number of Topliss-reactive ketones (excluding diaryl/α,β-unsaturated/α-hetero) is 2. The molecule has 0 aliphatic heterocycles. The average Bonchev–Trinajstić information content (AvgIpc) is 2.83.